The van der Waals surface area contributed by atoms with Crippen molar-refractivity contribution >= 4 is 39.1 Å². The zero-order chi connectivity index (χ0) is 18.3. The van der Waals surface area contributed by atoms with Crippen LogP contribution in [0.25, 0.3) is 0 Å². The van der Waals surface area contributed by atoms with Crippen molar-refractivity contribution in [2.45, 2.75) is 25.8 Å². The summed E-state index contributed by atoms with van der Waals surface area (Å²) in [5, 5.41) is 10.9. The van der Waals surface area contributed by atoms with Crippen LogP contribution in [0.3, 0.4) is 0 Å². The highest BCUT2D eigenvalue weighted by Gasteiger charge is 2.43. The number of ether oxygens (including phenoxy) is 1. The van der Waals surface area contributed by atoms with Gasteiger partial charge in [-0.3, -0.25) is 9.59 Å². The lowest BCUT2D eigenvalue weighted by atomic mass is 9.91. The Labute approximate surface area is 156 Å². The number of fused-ring (bicyclic) bond motifs is 1. The number of amides is 1. The van der Waals surface area contributed by atoms with Gasteiger partial charge in [0.05, 0.1) is 28.9 Å². The predicted octanol–water partition coefficient (Wildman–Crippen LogP) is 4.24. The Morgan fingerprint density at radius 2 is 2.24 bits per heavy atom. The minimum absolute atomic E-state index is 0.0783. The van der Waals surface area contributed by atoms with Crippen molar-refractivity contribution < 1.29 is 23.8 Å². The van der Waals surface area contributed by atoms with Gasteiger partial charge in [0.25, 0.3) is 5.91 Å². The summed E-state index contributed by atoms with van der Waals surface area (Å²) in [4.78, 5) is 25.7. The van der Waals surface area contributed by atoms with Crippen LogP contribution >= 0.6 is 27.3 Å². The molecule has 0 saturated carbocycles. The maximum atomic E-state index is 14.8. The smallest absolute Gasteiger partial charge is 0.307 e. The van der Waals surface area contributed by atoms with E-state index in [1.165, 1.54) is 23.3 Å². The van der Waals surface area contributed by atoms with Crippen molar-refractivity contribution in [2.24, 2.45) is 0 Å². The van der Waals surface area contributed by atoms with Gasteiger partial charge in [0.2, 0.25) is 0 Å². The Morgan fingerprint density at radius 1 is 1.52 bits per heavy atom. The maximum Gasteiger partial charge on any atom is 0.307 e. The van der Waals surface area contributed by atoms with Gasteiger partial charge in [0, 0.05) is 16.7 Å². The molecule has 132 valence electrons. The third kappa shape index (κ3) is 3.04. The summed E-state index contributed by atoms with van der Waals surface area (Å²) in [6, 6.07) is 1.15. The summed E-state index contributed by atoms with van der Waals surface area (Å²) < 4.78 is 20.7. The largest absolute Gasteiger partial charge is 0.494 e. The van der Waals surface area contributed by atoms with Crippen LogP contribution in [0.4, 0.5) is 4.39 Å². The van der Waals surface area contributed by atoms with E-state index in [1.54, 1.807) is 24.4 Å². The van der Waals surface area contributed by atoms with E-state index in [0.29, 0.717) is 23.3 Å². The fraction of sp³-hybridized carbons (Fsp3) is 0.294. The molecule has 0 radical (unpaired) electrons. The molecular weight excluding hydrogens is 413 g/mol. The molecule has 0 aromatic carbocycles. The summed E-state index contributed by atoms with van der Waals surface area (Å²) in [5.41, 5.74) is 1.52. The normalized spacial score (nSPS) is 19.9. The molecule has 1 aliphatic carbocycles. The van der Waals surface area contributed by atoms with E-state index in [-0.39, 0.29) is 23.7 Å². The van der Waals surface area contributed by atoms with Gasteiger partial charge in [0.15, 0.2) is 11.6 Å². The number of thiophene rings is 1. The number of hydrogen-bond donors (Lipinski definition) is 1. The van der Waals surface area contributed by atoms with Gasteiger partial charge in [-0.2, -0.15) is 0 Å². The number of carboxylic acid groups (broad SMARTS) is 1. The van der Waals surface area contributed by atoms with Crippen molar-refractivity contribution in [2.75, 3.05) is 7.11 Å². The second-order valence-corrected chi connectivity index (χ2v) is 7.99. The highest BCUT2D eigenvalue weighted by Crippen LogP contribution is 2.44. The first-order chi connectivity index (χ1) is 11.8. The van der Waals surface area contributed by atoms with Gasteiger partial charge in [-0.1, -0.05) is 0 Å². The molecule has 0 saturated heterocycles. The van der Waals surface area contributed by atoms with Crippen molar-refractivity contribution in [3.63, 3.8) is 0 Å². The number of aliphatic carboxylic acids is 1. The minimum atomic E-state index is -1.07. The van der Waals surface area contributed by atoms with Gasteiger partial charge >= 0.3 is 5.97 Å². The second-order valence-electron chi connectivity index (χ2n) is 5.70. The Balaban J connectivity index is 2.09. The first-order valence-electron chi connectivity index (χ1n) is 7.48. The number of halogens is 2. The number of methoxy groups -OCH3 is 1. The summed E-state index contributed by atoms with van der Waals surface area (Å²) in [6.45, 7) is 1.66. The standard InChI is InChI=1S/C17H15BrFNO4S/c1-8-10(6-14(21)22)15-11(3-4-12(24-2)16(15)19)20(8)17(23)9-5-13(18)25-7-9/h4-5,7,11H,3,6H2,1-2H3,(H,21,22). The molecule has 0 spiro atoms. The number of carboxylic acids is 1. The van der Waals surface area contributed by atoms with Crippen molar-refractivity contribution in [3.8, 4) is 0 Å². The van der Waals surface area contributed by atoms with Crippen LogP contribution < -0.4 is 0 Å². The van der Waals surface area contributed by atoms with E-state index in [1.807, 2.05) is 0 Å². The monoisotopic (exact) mass is 427 g/mol. The van der Waals surface area contributed by atoms with E-state index >= 15 is 0 Å². The van der Waals surface area contributed by atoms with E-state index < -0.39 is 17.8 Å². The van der Waals surface area contributed by atoms with Gasteiger partial charge in [-0.15, -0.1) is 11.3 Å². The molecular formula is C17H15BrFNO4S. The number of rotatable bonds is 4. The Morgan fingerprint density at radius 3 is 2.80 bits per heavy atom. The van der Waals surface area contributed by atoms with Gasteiger partial charge < -0.3 is 14.7 Å². The van der Waals surface area contributed by atoms with Crippen molar-refractivity contribution in [1.29, 1.82) is 0 Å². The lowest BCUT2D eigenvalue weighted by molar-refractivity contribution is -0.136. The van der Waals surface area contributed by atoms with Gasteiger partial charge in [-0.05, 0) is 47.0 Å². The fourth-order valence-electron chi connectivity index (χ4n) is 3.25. The van der Waals surface area contributed by atoms with Crippen LogP contribution in [0.5, 0.6) is 0 Å². The van der Waals surface area contributed by atoms with E-state index in [9.17, 15) is 19.1 Å². The molecule has 5 nitrogen and oxygen atoms in total. The van der Waals surface area contributed by atoms with Gasteiger partial charge in [-0.25, -0.2) is 4.39 Å². The molecule has 1 N–H and O–H groups in total. The fourth-order valence-corrected chi connectivity index (χ4v) is 4.38. The summed E-state index contributed by atoms with van der Waals surface area (Å²) in [6.07, 6.45) is 1.60. The Hall–Kier alpha value is -1.93. The molecule has 0 fully saturated rings. The van der Waals surface area contributed by atoms with Crippen molar-refractivity contribution in [3.05, 3.63) is 55.3 Å². The summed E-state index contributed by atoms with van der Waals surface area (Å²) in [5.74, 6) is -1.87. The van der Waals surface area contributed by atoms with Crippen LogP contribution in [-0.2, 0) is 9.53 Å². The second kappa shape index (κ2) is 6.76. The van der Waals surface area contributed by atoms with Crippen LogP contribution in [0.1, 0.15) is 30.1 Å². The average molecular weight is 428 g/mol. The van der Waals surface area contributed by atoms with Gasteiger partial charge in [0.1, 0.15) is 0 Å². The summed E-state index contributed by atoms with van der Waals surface area (Å²) in [7, 11) is 1.36. The molecule has 3 rings (SSSR count). The van der Waals surface area contributed by atoms with E-state index in [4.69, 9.17) is 4.74 Å². The molecule has 0 bridgehead atoms. The first-order valence-corrected chi connectivity index (χ1v) is 9.16. The lowest BCUT2D eigenvalue weighted by Gasteiger charge is -2.28. The molecule has 8 heteroatoms. The molecule has 1 aromatic rings. The molecule has 1 amide bonds. The molecule has 2 aliphatic rings. The molecule has 1 atom stereocenters. The van der Waals surface area contributed by atoms with Crippen LogP contribution in [0.2, 0.25) is 0 Å². The molecule has 1 unspecified atom stereocenters. The third-order valence-corrected chi connectivity index (χ3v) is 5.83. The number of nitrogens with zero attached hydrogens (tertiary/aromatic N) is 1. The average Bonchev–Trinajstić information content (AvgIpc) is 3.10. The van der Waals surface area contributed by atoms with E-state index in [2.05, 4.69) is 15.9 Å². The predicted molar refractivity (Wildman–Crippen MR) is 94.8 cm³/mol. The topological polar surface area (TPSA) is 66.8 Å². The first kappa shape index (κ1) is 17.9. The number of hydrogen-bond acceptors (Lipinski definition) is 4. The quantitative estimate of drug-likeness (QED) is 0.779. The number of carbonyl (C=O) groups excluding carboxylic acids is 1. The number of carbonyl (C=O) groups is 2. The lowest BCUT2D eigenvalue weighted by Crippen LogP contribution is -2.36. The minimum Gasteiger partial charge on any atom is -0.494 e. The maximum absolute atomic E-state index is 14.8. The SMILES string of the molecule is COC1=CCC2C(=C1F)C(CC(=O)O)=C(C)N2C(=O)c1csc(Br)c1. The molecule has 25 heavy (non-hydrogen) atoms. The number of allylic oxidation sites excluding steroid dienone is 2. The highest BCUT2D eigenvalue weighted by atomic mass is 79.9. The molecule has 1 aromatic heterocycles. The van der Waals surface area contributed by atoms with Crippen LogP contribution in [0.15, 0.2) is 49.7 Å². The van der Waals surface area contributed by atoms with Crippen molar-refractivity contribution in [1.82, 2.24) is 4.90 Å². The van der Waals surface area contributed by atoms with Crippen LogP contribution in [0, 0.1) is 0 Å². The Bertz CT molecular complexity index is 855. The van der Waals surface area contributed by atoms with E-state index in [0.717, 1.165) is 3.79 Å². The molecule has 2 heterocycles. The third-order valence-electron chi connectivity index (χ3n) is 4.33. The summed E-state index contributed by atoms with van der Waals surface area (Å²) >= 11 is 4.71. The zero-order valence-electron chi connectivity index (χ0n) is 13.5. The molecule has 1 aliphatic heterocycles. The highest BCUT2D eigenvalue weighted by molar-refractivity contribution is 9.11. The Kier molecular flexibility index (Phi) is 4.83. The van der Waals surface area contributed by atoms with Crippen LogP contribution in [-0.4, -0.2) is 35.0 Å². The zero-order valence-corrected chi connectivity index (χ0v) is 15.9.